The van der Waals surface area contributed by atoms with Crippen LogP contribution in [0.4, 0.5) is 5.69 Å². The predicted octanol–water partition coefficient (Wildman–Crippen LogP) is 1.94. The molecule has 1 aromatic carbocycles. The van der Waals surface area contributed by atoms with Gasteiger partial charge in [0, 0.05) is 25.6 Å². The second-order valence-corrected chi connectivity index (χ2v) is 5.58. The van der Waals surface area contributed by atoms with Crippen LogP contribution in [0.5, 0.6) is 5.75 Å². The lowest BCUT2D eigenvalue weighted by Crippen LogP contribution is -2.39. The minimum Gasteiger partial charge on any atom is -0.497 e. The fourth-order valence-corrected chi connectivity index (χ4v) is 2.80. The van der Waals surface area contributed by atoms with E-state index in [1.165, 1.54) is 11.3 Å². The summed E-state index contributed by atoms with van der Waals surface area (Å²) >= 11 is 0. The van der Waals surface area contributed by atoms with Gasteiger partial charge < -0.3 is 15.4 Å². The molecule has 0 aliphatic carbocycles. The smallest absolute Gasteiger partial charge is 0.118 e. The zero-order chi connectivity index (χ0) is 14.7. The van der Waals surface area contributed by atoms with E-state index in [0.29, 0.717) is 6.04 Å². The Bertz CT molecular complexity index is 570. The van der Waals surface area contributed by atoms with Crippen LogP contribution in [0.2, 0.25) is 0 Å². The van der Waals surface area contributed by atoms with Crippen molar-refractivity contribution in [3.8, 4) is 5.75 Å². The molecule has 0 bridgehead atoms. The Balaban J connectivity index is 1.72. The summed E-state index contributed by atoms with van der Waals surface area (Å²) in [7, 11) is 1.68. The lowest BCUT2D eigenvalue weighted by atomic mass is 10.0. The Morgan fingerprint density at radius 1 is 1.29 bits per heavy atom. The van der Waals surface area contributed by atoms with Crippen LogP contribution in [0.15, 0.2) is 30.5 Å². The van der Waals surface area contributed by atoms with Gasteiger partial charge in [-0.1, -0.05) is 12.1 Å². The molecule has 0 unspecified atom stereocenters. The van der Waals surface area contributed by atoms with Gasteiger partial charge in [0.2, 0.25) is 0 Å². The number of aromatic nitrogens is 2. The fraction of sp³-hybridized carbons (Fsp3) is 0.438. The molecule has 3 N–H and O–H groups in total. The van der Waals surface area contributed by atoms with Crippen LogP contribution in [0.1, 0.15) is 24.1 Å². The van der Waals surface area contributed by atoms with Crippen LogP contribution in [-0.2, 0) is 6.42 Å². The first-order valence-corrected chi connectivity index (χ1v) is 7.42. The molecule has 1 saturated heterocycles. The molecule has 1 aromatic heterocycles. The molecule has 5 nitrogen and oxygen atoms in total. The van der Waals surface area contributed by atoms with Gasteiger partial charge in [-0.25, -0.2) is 0 Å². The number of rotatable bonds is 4. The summed E-state index contributed by atoms with van der Waals surface area (Å²) in [6.07, 6.45) is 4.87. The van der Waals surface area contributed by atoms with Gasteiger partial charge >= 0.3 is 0 Å². The number of benzene rings is 1. The average molecular weight is 286 g/mol. The number of aromatic amines is 1. The average Bonchev–Trinajstić information content (AvgIpc) is 2.97. The number of nitrogens with zero attached hydrogens (tertiary/aromatic N) is 2. The fourth-order valence-electron chi connectivity index (χ4n) is 2.80. The normalized spacial score (nSPS) is 16.2. The van der Waals surface area contributed by atoms with Crippen LogP contribution < -0.4 is 15.4 Å². The van der Waals surface area contributed by atoms with Crippen LogP contribution in [0.25, 0.3) is 0 Å². The van der Waals surface area contributed by atoms with E-state index in [0.717, 1.165) is 43.8 Å². The van der Waals surface area contributed by atoms with Crippen LogP contribution in [0, 0.1) is 0 Å². The highest BCUT2D eigenvalue weighted by Gasteiger charge is 2.19. The molecule has 0 spiro atoms. The molecule has 0 atom stereocenters. The Labute approximate surface area is 125 Å². The number of nitrogens with two attached hydrogens (primary N) is 1. The number of hydrogen-bond acceptors (Lipinski definition) is 4. The molecule has 3 rings (SSSR count). The van der Waals surface area contributed by atoms with E-state index in [1.54, 1.807) is 7.11 Å². The maximum Gasteiger partial charge on any atom is 0.118 e. The second-order valence-electron chi connectivity index (χ2n) is 5.58. The van der Waals surface area contributed by atoms with Crippen molar-refractivity contribution in [2.75, 3.05) is 25.1 Å². The third-order valence-electron chi connectivity index (χ3n) is 4.12. The van der Waals surface area contributed by atoms with Crippen molar-refractivity contribution >= 4 is 5.69 Å². The molecule has 1 aliphatic heterocycles. The van der Waals surface area contributed by atoms with E-state index in [9.17, 15) is 0 Å². The highest BCUT2D eigenvalue weighted by molar-refractivity contribution is 5.51. The molecular weight excluding hydrogens is 264 g/mol. The van der Waals surface area contributed by atoms with E-state index in [-0.39, 0.29) is 0 Å². The maximum atomic E-state index is 5.98. The quantitative estimate of drug-likeness (QED) is 0.901. The van der Waals surface area contributed by atoms with Gasteiger partial charge in [0.05, 0.1) is 24.7 Å². The largest absolute Gasteiger partial charge is 0.497 e. The standard InChI is InChI=1S/C16H22N4O/c1-21-14-4-2-12(3-5-14)10-15-16(11-18-19-15)20-8-6-13(17)7-9-20/h2-5,11,13H,6-10,17H2,1H3,(H,18,19). The molecule has 112 valence electrons. The van der Waals surface area contributed by atoms with Gasteiger partial charge in [0.15, 0.2) is 0 Å². The van der Waals surface area contributed by atoms with E-state index >= 15 is 0 Å². The van der Waals surface area contributed by atoms with Crippen molar-refractivity contribution in [1.82, 2.24) is 10.2 Å². The van der Waals surface area contributed by atoms with Crippen molar-refractivity contribution in [1.29, 1.82) is 0 Å². The molecule has 0 saturated carbocycles. The van der Waals surface area contributed by atoms with Gasteiger partial charge in [-0.05, 0) is 30.5 Å². The van der Waals surface area contributed by atoms with Crippen molar-refractivity contribution in [3.05, 3.63) is 41.7 Å². The van der Waals surface area contributed by atoms with Crippen molar-refractivity contribution < 1.29 is 4.74 Å². The molecule has 2 aromatic rings. The summed E-state index contributed by atoms with van der Waals surface area (Å²) in [6, 6.07) is 8.51. The zero-order valence-corrected chi connectivity index (χ0v) is 12.4. The Hall–Kier alpha value is -2.01. The number of H-pyrrole nitrogens is 1. The highest BCUT2D eigenvalue weighted by Crippen LogP contribution is 2.24. The van der Waals surface area contributed by atoms with Crippen LogP contribution in [-0.4, -0.2) is 36.4 Å². The van der Waals surface area contributed by atoms with E-state index in [4.69, 9.17) is 10.5 Å². The third kappa shape index (κ3) is 3.19. The van der Waals surface area contributed by atoms with Crippen LogP contribution in [0.3, 0.4) is 0 Å². The summed E-state index contributed by atoms with van der Waals surface area (Å²) in [4.78, 5) is 2.38. The minimum absolute atomic E-state index is 0.346. The molecule has 5 heteroatoms. The number of nitrogens with one attached hydrogen (secondary N) is 1. The molecule has 0 amide bonds. The highest BCUT2D eigenvalue weighted by atomic mass is 16.5. The van der Waals surface area contributed by atoms with Gasteiger partial charge in [0.1, 0.15) is 5.75 Å². The lowest BCUT2D eigenvalue weighted by Gasteiger charge is -2.31. The summed E-state index contributed by atoms with van der Waals surface area (Å²) in [5.74, 6) is 0.883. The molecule has 2 heterocycles. The predicted molar refractivity (Wildman–Crippen MR) is 83.8 cm³/mol. The molecule has 1 aliphatic rings. The molecule has 21 heavy (non-hydrogen) atoms. The first-order valence-electron chi connectivity index (χ1n) is 7.42. The summed E-state index contributed by atoms with van der Waals surface area (Å²) in [5, 5.41) is 7.36. The number of hydrogen-bond donors (Lipinski definition) is 2. The van der Waals surface area contributed by atoms with Crippen molar-refractivity contribution in [2.24, 2.45) is 5.73 Å². The van der Waals surface area contributed by atoms with Gasteiger partial charge in [0.25, 0.3) is 0 Å². The molecule has 1 fully saturated rings. The minimum atomic E-state index is 0.346. The molecule has 0 radical (unpaired) electrons. The van der Waals surface area contributed by atoms with Gasteiger partial charge in [-0.3, -0.25) is 5.10 Å². The van der Waals surface area contributed by atoms with Gasteiger partial charge in [-0.2, -0.15) is 5.10 Å². The number of anilines is 1. The lowest BCUT2D eigenvalue weighted by molar-refractivity contribution is 0.414. The summed E-state index contributed by atoms with van der Waals surface area (Å²) < 4.78 is 5.19. The third-order valence-corrected chi connectivity index (χ3v) is 4.12. The number of piperidine rings is 1. The Kier molecular flexibility index (Phi) is 4.10. The first-order chi connectivity index (χ1) is 10.3. The summed E-state index contributed by atoms with van der Waals surface area (Å²) in [6.45, 7) is 2.02. The van der Waals surface area contributed by atoms with E-state index < -0.39 is 0 Å². The number of ether oxygens (including phenoxy) is 1. The Morgan fingerprint density at radius 3 is 2.67 bits per heavy atom. The van der Waals surface area contributed by atoms with Crippen LogP contribution >= 0.6 is 0 Å². The topological polar surface area (TPSA) is 67.2 Å². The summed E-state index contributed by atoms with van der Waals surface area (Å²) in [5.41, 5.74) is 9.59. The number of methoxy groups -OCH3 is 1. The Morgan fingerprint density at radius 2 is 2.00 bits per heavy atom. The van der Waals surface area contributed by atoms with E-state index in [2.05, 4.69) is 27.2 Å². The monoisotopic (exact) mass is 286 g/mol. The zero-order valence-electron chi connectivity index (χ0n) is 12.4. The van der Waals surface area contributed by atoms with Gasteiger partial charge in [-0.15, -0.1) is 0 Å². The molecular formula is C16H22N4O. The van der Waals surface area contributed by atoms with E-state index in [1.807, 2.05) is 18.3 Å². The van der Waals surface area contributed by atoms with Crippen molar-refractivity contribution in [2.45, 2.75) is 25.3 Å². The SMILES string of the molecule is COc1ccc(Cc2[nH]ncc2N2CCC(N)CC2)cc1. The first kappa shape index (κ1) is 13.9. The maximum absolute atomic E-state index is 5.98. The van der Waals surface area contributed by atoms with Crippen molar-refractivity contribution in [3.63, 3.8) is 0 Å². The second kappa shape index (κ2) is 6.18.